The van der Waals surface area contributed by atoms with Gasteiger partial charge in [-0.3, -0.25) is 4.79 Å². The highest BCUT2D eigenvalue weighted by Crippen LogP contribution is 2.29. The van der Waals surface area contributed by atoms with Crippen molar-refractivity contribution in [1.82, 2.24) is 14.8 Å². The van der Waals surface area contributed by atoms with Gasteiger partial charge < -0.3 is 25.0 Å². The molecule has 3 amide bonds. The van der Waals surface area contributed by atoms with E-state index in [-0.39, 0.29) is 36.4 Å². The summed E-state index contributed by atoms with van der Waals surface area (Å²) in [7, 11) is 1.71. The van der Waals surface area contributed by atoms with Gasteiger partial charge in [-0.1, -0.05) is 37.0 Å². The van der Waals surface area contributed by atoms with Gasteiger partial charge in [-0.15, -0.1) is 0 Å². The number of urea groups is 1. The Kier molecular flexibility index (Phi) is 7.57. The molecule has 1 aliphatic carbocycles. The third kappa shape index (κ3) is 6.11. The molecule has 0 saturated heterocycles. The Labute approximate surface area is 206 Å². The predicted octanol–water partition coefficient (Wildman–Crippen LogP) is 3.23. The second kappa shape index (κ2) is 10.8. The summed E-state index contributed by atoms with van der Waals surface area (Å²) in [6.45, 7) is 4.29. The number of para-hydroxylation sites is 1. The molecule has 1 aromatic heterocycles. The standard InChI is InChI=1S/C27H32N4O4/c1-18-15-31(19(2)17-32)26(33)23-13-21(12-11-20-9-10-20)14-28-25(23)35-24(18)16-30(3)27(34)29-22-7-5-4-6-8-22/h4-8,13-14,18-20,24,32H,9-10,15-17H2,1-3H3,(H,29,34)/t18-,19-,24-/m1/s1. The minimum Gasteiger partial charge on any atom is -0.472 e. The number of carbonyl (C=O) groups is 2. The van der Waals surface area contributed by atoms with E-state index in [1.54, 1.807) is 29.1 Å². The van der Waals surface area contributed by atoms with Gasteiger partial charge >= 0.3 is 6.03 Å². The number of anilines is 1. The lowest BCUT2D eigenvalue weighted by Crippen LogP contribution is -2.50. The fourth-order valence-electron chi connectivity index (χ4n) is 3.89. The van der Waals surface area contributed by atoms with E-state index in [0.29, 0.717) is 35.8 Å². The van der Waals surface area contributed by atoms with Crippen LogP contribution in [0.15, 0.2) is 42.6 Å². The van der Waals surface area contributed by atoms with Crippen LogP contribution in [0.2, 0.25) is 0 Å². The zero-order valence-corrected chi connectivity index (χ0v) is 20.4. The van der Waals surface area contributed by atoms with E-state index in [0.717, 1.165) is 12.8 Å². The molecular formula is C27H32N4O4. The van der Waals surface area contributed by atoms with Crippen LogP contribution in [-0.2, 0) is 0 Å². The van der Waals surface area contributed by atoms with Gasteiger partial charge in [0, 0.05) is 42.9 Å². The lowest BCUT2D eigenvalue weighted by atomic mass is 10.00. The molecule has 35 heavy (non-hydrogen) atoms. The predicted molar refractivity (Wildman–Crippen MR) is 133 cm³/mol. The molecule has 8 nitrogen and oxygen atoms in total. The summed E-state index contributed by atoms with van der Waals surface area (Å²) < 4.78 is 6.25. The first-order valence-corrected chi connectivity index (χ1v) is 12.0. The highest BCUT2D eigenvalue weighted by atomic mass is 16.5. The number of nitrogens with zero attached hydrogens (tertiary/aromatic N) is 3. The van der Waals surface area contributed by atoms with Gasteiger partial charge in [-0.05, 0) is 38.0 Å². The number of likely N-dealkylation sites (N-methyl/N-ethyl adjacent to an activating group) is 1. The van der Waals surface area contributed by atoms with Gasteiger partial charge in [-0.25, -0.2) is 9.78 Å². The van der Waals surface area contributed by atoms with Gasteiger partial charge in [0.25, 0.3) is 5.91 Å². The number of aliphatic hydroxyl groups excluding tert-OH is 1. The van der Waals surface area contributed by atoms with Crippen LogP contribution in [0.3, 0.4) is 0 Å². The molecule has 1 aromatic carbocycles. The van der Waals surface area contributed by atoms with Crippen LogP contribution in [0.5, 0.6) is 5.88 Å². The zero-order valence-electron chi connectivity index (χ0n) is 20.4. The fourth-order valence-corrected chi connectivity index (χ4v) is 3.89. The minimum atomic E-state index is -0.419. The molecule has 2 heterocycles. The van der Waals surface area contributed by atoms with E-state index in [9.17, 15) is 14.7 Å². The van der Waals surface area contributed by atoms with Crippen molar-refractivity contribution in [3.8, 4) is 17.7 Å². The van der Waals surface area contributed by atoms with Crippen molar-refractivity contribution in [3.05, 3.63) is 53.7 Å². The summed E-state index contributed by atoms with van der Waals surface area (Å²) in [5, 5.41) is 12.7. The maximum Gasteiger partial charge on any atom is 0.321 e. The number of carbonyl (C=O) groups excluding carboxylic acids is 2. The lowest BCUT2D eigenvalue weighted by Gasteiger charge is -2.37. The Morgan fingerprint density at radius 3 is 2.77 bits per heavy atom. The number of nitrogens with one attached hydrogen (secondary N) is 1. The Bertz CT molecular complexity index is 1120. The van der Waals surface area contributed by atoms with Crippen LogP contribution in [0.4, 0.5) is 10.5 Å². The number of hydrogen-bond acceptors (Lipinski definition) is 5. The van der Waals surface area contributed by atoms with Crippen LogP contribution in [0.25, 0.3) is 0 Å². The van der Waals surface area contributed by atoms with Gasteiger partial charge in [0.2, 0.25) is 5.88 Å². The molecule has 0 bridgehead atoms. The van der Waals surface area contributed by atoms with Crippen molar-refractivity contribution in [2.75, 3.05) is 32.1 Å². The molecule has 0 spiro atoms. The van der Waals surface area contributed by atoms with Crippen molar-refractivity contribution < 1.29 is 19.4 Å². The topological polar surface area (TPSA) is 95.0 Å². The van der Waals surface area contributed by atoms with Gasteiger partial charge in [-0.2, -0.15) is 0 Å². The second-order valence-electron chi connectivity index (χ2n) is 9.42. The van der Waals surface area contributed by atoms with E-state index in [1.807, 2.05) is 44.2 Å². The first kappa shape index (κ1) is 24.6. The summed E-state index contributed by atoms with van der Waals surface area (Å²) in [5.41, 5.74) is 1.69. The third-order valence-electron chi connectivity index (χ3n) is 6.34. The summed E-state index contributed by atoms with van der Waals surface area (Å²) in [4.78, 5) is 33.9. The van der Waals surface area contributed by atoms with Crippen molar-refractivity contribution >= 4 is 17.6 Å². The van der Waals surface area contributed by atoms with Crippen LogP contribution < -0.4 is 10.1 Å². The molecule has 2 aromatic rings. The average Bonchev–Trinajstić information content (AvgIpc) is 3.69. The molecule has 0 unspecified atom stereocenters. The normalized spacial score (nSPS) is 20.3. The van der Waals surface area contributed by atoms with Crippen molar-refractivity contribution in [2.24, 2.45) is 11.8 Å². The number of aliphatic hydroxyl groups is 1. The van der Waals surface area contributed by atoms with Crippen LogP contribution >= 0.6 is 0 Å². The number of pyridine rings is 1. The zero-order chi connectivity index (χ0) is 24.9. The maximum atomic E-state index is 13.5. The molecule has 0 radical (unpaired) electrons. The highest BCUT2D eigenvalue weighted by molar-refractivity contribution is 5.97. The van der Waals surface area contributed by atoms with Crippen LogP contribution in [0, 0.1) is 23.7 Å². The molecule has 8 heteroatoms. The molecule has 2 aliphatic rings. The summed E-state index contributed by atoms with van der Waals surface area (Å²) in [6, 6.07) is 10.3. The number of amides is 3. The number of hydrogen-bond donors (Lipinski definition) is 2. The summed E-state index contributed by atoms with van der Waals surface area (Å²) in [5.74, 6) is 6.59. The monoisotopic (exact) mass is 476 g/mol. The quantitative estimate of drug-likeness (QED) is 0.646. The molecule has 3 atom stereocenters. The molecule has 1 aliphatic heterocycles. The Morgan fingerprint density at radius 1 is 1.34 bits per heavy atom. The number of aromatic nitrogens is 1. The van der Waals surface area contributed by atoms with E-state index in [2.05, 4.69) is 22.1 Å². The first-order chi connectivity index (χ1) is 16.9. The Morgan fingerprint density at radius 2 is 2.09 bits per heavy atom. The lowest BCUT2D eigenvalue weighted by molar-refractivity contribution is 0.0356. The number of benzene rings is 1. The Balaban J connectivity index is 1.58. The first-order valence-electron chi connectivity index (χ1n) is 12.0. The van der Waals surface area contributed by atoms with Crippen molar-refractivity contribution in [2.45, 2.75) is 38.8 Å². The van der Waals surface area contributed by atoms with Gasteiger partial charge in [0.15, 0.2) is 0 Å². The van der Waals surface area contributed by atoms with E-state index >= 15 is 0 Å². The van der Waals surface area contributed by atoms with Crippen molar-refractivity contribution in [1.29, 1.82) is 0 Å². The van der Waals surface area contributed by atoms with Crippen molar-refractivity contribution in [3.63, 3.8) is 0 Å². The van der Waals surface area contributed by atoms with Crippen LogP contribution in [-0.4, -0.2) is 70.7 Å². The Hall–Kier alpha value is -3.57. The third-order valence-corrected chi connectivity index (χ3v) is 6.34. The fraction of sp³-hybridized carbons (Fsp3) is 0.444. The smallest absolute Gasteiger partial charge is 0.321 e. The SMILES string of the molecule is C[C@@H]1CN([C@H](C)CO)C(=O)c2cc(C#CC3CC3)cnc2O[C@@H]1CN(C)C(=O)Nc1ccccc1. The largest absolute Gasteiger partial charge is 0.472 e. The second-order valence-corrected chi connectivity index (χ2v) is 9.42. The summed E-state index contributed by atoms with van der Waals surface area (Å²) >= 11 is 0. The van der Waals surface area contributed by atoms with Gasteiger partial charge in [0.05, 0.1) is 19.2 Å². The molecule has 1 saturated carbocycles. The average molecular weight is 477 g/mol. The molecule has 4 rings (SSSR count). The number of fused-ring (bicyclic) bond motifs is 1. The molecule has 184 valence electrons. The van der Waals surface area contributed by atoms with Gasteiger partial charge in [0.1, 0.15) is 11.7 Å². The molecule has 1 fully saturated rings. The minimum absolute atomic E-state index is 0.121. The molecular weight excluding hydrogens is 444 g/mol. The number of ether oxygens (including phenoxy) is 1. The highest BCUT2D eigenvalue weighted by Gasteiger charge is 2.34. The summed E-state index contributed by atoms with van der Waals surface area (Å²) in [6.07, 6.45) is 3.43. The maximum absolute atomic E-state index is 13.5. The van der Waals surface area contributed by atoms with E-state index in [4.69, 9.17) is 4.74 Å². The van der Waals surface area contributed by atoms with E-state index < -0.39 is 6.10 Å². The molecule has 2 N–H and O–H groups in total. The van der Waals surface area contributed by atoms with E-state index in [1.165, 1.54) is 0 Å². The van der Waals surface area contributed by atoms with Crippen LogP contribution in [0.1, 0.15) is 42.6 Å². The number of rotatable bonds is 5.